The maximum absolute atomic E-state index is 13.4. The van der Waals surface area contributed by atoms with Crippen molar-refractivity contribution in [2.24, 2.45) is 0 Å². The van der Waals surface area contributed by atoms with Gasteiger partial charge in [-0.25, -0.2) is 8.78 Å². The van der Waals surface area contributed by atoms with Crippen LogP contribution in [0.5, 0.6) is 0 Å². The largest absolute Gasteiger partial charge is 0.294 e. The molecule has 0 saturated heterocycles. The second-order valence-corrected chi connectivity index (χ2v) is 5.27. The minimum Gasteiger partial charge on any atom is -0.294 e. The number of unbranched alkanes of at least 4 members (excludes halogenated alkanes) is 7. The van der Waals surface area contributed by atoms with Crippen LogP contribution in [0.2, 0.25) is 0 Å². The maximum atomic E-state index is 13.4. The first-order valence-electron chi connectivity index (χ1n) is 7.63. The number of Topliss-reactive ketones (excluding diaryl/α,β-unsaturated/α-hetero) is 1. The van der Waals surface area contributed by atoms with Crippen LogP contribution in [0, 0.1) is 11.6 Å². The third kappa shape index (κ3) is 6.27. The predicted molar refractivity (Wildman–Crippen MR) is 77.9 cm³/mol. The topological polar surface area (TPSA) is 17.1 Å². The van der Waals surface area contributed by atoms with Crippen molar-refractivity contribution in [1.82, 2.24) is 0 Å². The molecule has 1 nitrogen and oxygen atoms in total. The highest BCUT2D eigenvalue weighted by Gasteiger charge is 2.11. The molecular weight excluding hydrogens is 258 g/mol. The van der Waals surface area contributed by atoms with Gasteiger partial charge < -0.3 is 0 Å². The molecule has 0 unspecified atom stereocenters. The highest BCUT2D eigenvalue weighted by molar-refractivity contribution is 5.96. The molecule has 0 saturated carbocycles. The summed E-state index contributed by atoms with van der Waals surface area (Å²) in [4.78, 5) is 11.8. The highest BCUT2D eigenvalue weighted by Crippen LogP contribution is 2.15. The summed E-state index contributed by atoms with van der Waals surface area (Å²) in [5.41, 5.74) is 0.00865. The summed E-state index contributed by atoms with van der Waals surface area (Å²) in [7, 11) is 0. The molecule has 0 fully saturated rings. The van der Waals surface area contributed by atoms with Crippen molar-refractivity contribution in [2.45, 2.75) is 64.7 Å². The van der Waals surface area contributed by atoms with E-state index < -0.39 is 11.6 Å². The molecule has 20 heavy (non-hydrogen) atoms. The molecule has 0 aliphatic heterocycles. The fourth-order valence-corrected chi connectivity index (χ4v) is 2.27. The van der Waals surface area contributed by atoms with E-state index >= 15 is 0 Å². The average molecular weight is 282 g/mol. The molecule has 1 rings (SSSR count). The zero-order valence-corrected chi connectivity index (χ0v) is 12.3. The van der Waals surface area contributed by atoms with Gasteiger partial charge in [-0.15, -0.1) is 0 Å². The van der Waals surface area contributed by atoms with Crippen molar-refractivity contribution in [3.63, 3.8) is 0 Å². The van der Waals surface area contributed by atoms with Gasteiger partial charge in [-0.3, -0.25) is 4.79 Å². The molecule has 0 N–H and O–H groups in total. The zero-order valence-electron chi connectivity index (χ0n) is 12.3. The van der Waals surface area contributed by atoms with E-state index in [9.17, 15) is 13.6 Å². The van der Waals surface area contributed by atoms with E-state index in [1.165, 1.54) is 38.2 Å². The Labute approximate surface area is 120 Å². The summed E-state index contributed by atoms with van der Waals surface area (Å²) in [5.74, 6) is -1.63. The van der Waals surface area contributed by atoms with Crippen LogP contribution in [0.4, 0.5) is 8.78 Å². The van der Waals surface area contributed by atoms with Gasteiger partial charge >= 0.3 is 0 Å². The van der Waals surface area contributed by atoms with Crippen LogP contribution in [-0.2, 0) is 0 Å². The third-order valence-electron chi connectivity index (χ3n) is 3.49. The molecule has 0 aromatic heterocycles. The highest BCUT2D eigenvalue weighted by atomic mass is 19.1. The summed E-state index contributed by atoms with van der Waals surface area (Å²) in [5, 5.41) is 0. The lowest BCUT2D eigenvalue weighted by molar-refractivity contribution is 0.0975. The monoisotopic (exact) mass is 282 g/mol. The Balaban J connectivity index is 2.17. The summed E-state index contributed by atoms with van der Waals surface area (Å²) in [6.45, 7) is 2.19. The van der Waals surface area contributed by atoms with E-state index in [-0.39, 0.29) is 11.3 Å². The number of benzene rings is 1. The first-order chi connectivity index (χ1) is 9.65. The first kappa shape index (κ1) is 16.8. The quantitative estimate of drug-likeness (QED) is 0.398. The molecule has 0 aliphatic rings. The van der Waals surface area contributed by atoms with Crippen LogP contribution in [0.1, 0.15) is 75.1 Å². The van der Waals surface area contributed by atoms with Crippen molar-refractivity contribution in [2.75, 3.05) is 0 Å². The van der Waals surface area contributed by atoms with Gasteiger partial charge in [-0.1, -0.05) is 51.9 Å². The van der Waals surface area contributed by atoms with Gasteiger partial charge in [0.15, 0.2) is 5.78 Å². The summed E-state index contributed by atoms with van der Waals surface area (Å²) < 4.78 is 26.1. The van der Waals surface area contributed by atoms with Gasteiger partial charge in [0.25, 0.3) is 0 Å². The molecule has 0 heterocycles. The van der Waals surface area contributed by atoms with E-state index in [4.69, 9.17) is 0 Å². The second kappa shape index (κ2) is 9.62. The molecular formula is C17H24F2O. The SMILES string of the molecule is CCCCCCCCCCC(=O)c1ccc(F)cc1F. The molecule has 0 amide bonds. The van der Waals surface area contributed by atoms with Gasteiger partial charge in [-0.2, -0.15) is 0 Å². The number of rotatable bonds is 10. The van der Waals surface area contributed by atoms with Crippen LogP contribution >= 0.6 is 0 Å². The maximum Gasteiger partial charge on any atom is 0.165 e. The number of carbonyl (C=O) groups is 1. The Morgan fingerprint density at radius 3 is 2.15 bits per heavy atom. The molecule has 0 radical (unpaired) electrons. The molecule has 112 valence electrons. The van der Waals surface area contributed by atoms with Gasteiger partial charge in [0.05, 0.1) is 5.56 Å². The minimum absolute atomic E-state index is 0.00865. The lowest BCUT2D eigenvalue weighted by Gasteiger charge is -2.03. The summed E-state index contributed by atoms with van der Waals surface area (Å²) in [6, 6.07) is 3.13. The van der Waals surface area contributed by atoms with Crippen LogP contribution in [-0.4, -0.2) is 5.78 Å². The van der Waals surface area contributed by atoms with Crippen molar-refractivity contribution in [1.29, 1.82) is 0 Å². The smallest absolute Gasteiger partial charge is 0.165 e. The van der Waals surface area contributed by atoms with Crippen LogP contribution in [0.25, 0.3) is 0 Å². The number of carbonyl (C=O) groups excluding carboxylic acids is 1. The lowest BCUT2D eigenvalue weighted by Crippen LogP contribution is -2.02. The molecule has 3 heteroatoms. The van der Waals surface area contributed by atoms with Gasteiger partial charge in [0.1, 0.15) is 11.6 Å². The zero-order chi connectivity index (χ0) is 14.8. The van der Waals surface area contributed by atoms with E-state index in [0.29, 0.717) is 6.42 Å². The van der Waals surface area contributed by atoms with Crippen molar-refractivity contribution in [3.8, 4) is 0 Å². The van der Waals surface area contributed by atoms with Crippen LogP contribution in [0.3, 0.4) is 0 Å². The average Bonchev–Trinajstić information content (AvgIpc) is 2.41. The summed E-state index contributed by atoms with van der Waals surface area (Å²) >= 11 is 0. The molecule has 0 aliphatic carbocycles. The number of ketones is 1. The van der Waals surface area contributed by atoms with Gasteiger partial charge in [0.2, 0.25) is 0 Å². The number of halogens is 2. The summed E-state index contributed by atoms with van der Waals surface area (Å²) in [6.07, 6.45) is 9.55. The van der Waals surface area contributed by atoms with E-state index in [1.54, 1.807) is 0 Å². The van der Waals surface area contributed by atoms with E-state index in [2.05, 4.69) is 6.92 Å². The molecule has 0 bridgehead atoms. The Hall–Kier alpha value is -1.25. The first-order valence-corrected chi connectivity index (χ1v) is 7.63. The van der Waals surface area contributed by atoms with Gasteiger partial charge in [-0.05, 0) is 18.6 Å². The fourth-order valence-electron chi connectivity index (χ4n) is 2.27. The molecule has 0 spiro atoms. The number of hydrogen-bond acceptors (Lipinski definition) is 1. The molecule has 1 aromatic rings. The van der Waals surface area contributed by atoms with Crippen LogP contribution in [0.15, 0.2) is 18.2 Å². The fraction of sp³-hybridized carbons (Fsp3) is 0.588. The van der Waals surface area contributed by atoms with Crippen molar-refractivity contribution >= 4 is 5.78 Å². The van der Waals surface area contributed by atoms with Crippen LogP contribution < -0.4 is 0 Å². The minimum atomic E-state index is -0.755. The van der Waals surface area contributed by atoms with Crippen molar-refractivity contribution < 1.29 is 13.6 Å². The normalized spacial score (nSPS) is 10.8. The molecule has 0 atom stereocenters. The standard InChI is InChI=1S/C17H24F2O/c1-2-3-4-5-6-7-8-9-10-17(20)15-12-11-14(18)13-16(15)19/h11-13H,2-10H2,1H3. The lowest BCUT2D eigenvalue weighted by atomic mass is 10.0. The molecule has 1 aromatic carbocycles. The van der Waals surface area contributed by atoms with Crippen molar-refractivity contribution in [3.05, 3.63) is 35.4 Å². The second-order valence-electron chi connectivity index (χ2n) is 5.27. The predicted octanol–water partition coefficient (Wildman–Crippen LogP) is 5.68. The third-order valence-corrected chi connectivity index (χ3v) is 3.49. The van der Waals surface area contributed by atoms with E-state index in [0.717, 1.165) is 31.4 Å². The van der Waals surface area contributed by atoms with Gasteiger partial charge in [0, 0.05) is 12.5 Å². The Morgan fingerprint density at radius 2 is 1.55 bits per heavy atom. The number of hydrogen-bond donors (Lipinski definition) is 0. The Kier molecular flexibility index (Phi) is 8.08. The van der Waals surface area contributed by atoms with E-state index in [1.807, 2.05) is 0 Å². The Bertz CT molecular complexity index is 415. The Morgan fingerprint density at radius 1 is 0.950 bits per heavy atom.